The lowest BCUT2D eigenvalue weighted by molar-refractivity contribution is -0.143. The van der Waals surface area contributed by atoms with Crippen LogP contribution in [0, 0.1) is 11.3 Å². The number of nitrogens with zero attached hydrogens (tertiary/aromatic N) is 2. The average Bonchev–Trinajstić information content (AvgIpc) is 2.47. The number of alkyl halides is 3. The zero-order chi connectivity index (χ0) is 19.2. The number of halogens is 3. The Morgan fingerprint density at radius 1 is 1.31 bits per heavy atom. The first kappa shape index (κ1) is 19.6. The molecule has 0 radical (unpaired) electrons. The zero-order valence-electron chi connectivity index (χ0n) is 15.5. The number of nitrogens with two attached hydrogens (primary N) is 2. The maximum Gasteiger partial charge on any atom is 0.405 e. The van der Waals surface area contributed by atoms with Crippen molar-refractivity contribution in [1.82, 2.24) is 4.90 Å². The second-order valence-corrected chi connectivity index (χ2v) is 8.31. The minimum Gasteiger partial charge on any atom is -0.383 e. The van der Waals surface area contributed by atoms with E-state index in [-0.39, 0.29) is 13.2 Å². The Balaban J connectivity index is 1.67. The Kier molecular flexibility index (Phi) is 5.13. The first-order chi connectivity index (χ1) is 12.1. The SMILES string of the molecule is COCCN(CC(F)(F)F)C1=CCC(N)(C2CC3(CC(N)C3)C2)C(C)=N1. The molecule has 148 valence electrons. The van der Waals surface area contributed by atoms with E-state index >= 15 is 0 Å². The van der Waals surface area contributed by atoms with Crippen LogP contribution >= 0.6 is 0 Å². The number of aliphatic imine (C=N–C) groups is 1. The lowest BCUT2D eigenvalue weighted by Crippen LogP contribution is -2.64. The van der Waals surface area contributed by atoms with E-state index in [1.54, 1.807) is 6.08 Å². The highest BCUT2D eigenvalue weighted by molar-refractivity contribution is 5.93. The molecule has 4 N–H and O–H groups in total. The molecule has 1 spiro atoms. The second kappa shape index (κ2) is 6.80. The van der Waals surface area contributed by atoms with Gasteiger partial charge in [0.05, 0.1) is 12.1 Å². The van der Waals surface area contributed by atoms with Gasteiger partial charge in [-0.2, -0.15) is 13.2 Å². The molecular formula is C18H29F3N4O. The summed E-state index contributed by atoms with van der Waals surface area (Å²) in [7, 11) is 1.47. The van der Waals surface area contributed by atoms with Gasteiger partial charge in [-0.05, 0) is 56.4 Å². The molecule has 2 fully saturated rings. The Morgan fingerprint density at radius 2 is 1.96 bits per heavy atom. The third-order valence-corrected chi connectivity index (χ3v) is 6.32. The van der Waals surface area contributed by atoms with Crippen molar-refractivity contribution in [2.45, 2.75) is 56.8 Å². The van der Waals surface area contributed by atoms with Crippen LogP contribution in [0.2, 0.25) is 0 Å². The van der Waals surface area contributed by atoms with Gasteiger partial charge in [-0.3, -0.25) is 0 Å². The van der Waals surface area contributed by atoms with Crippen molar-refractivity contribution in [3.05, 3.63) is 11.9 Å². The minimum atomic E-state index is -4.29. The predicted octanol–water partition coefficient (Wildman–Crippen LogP) is 2.42. The highest BCUT2D eigenvalue weighted by Crippen LogP contribution is 2.61. The Morgan fingerprint density at radius 3 is 2.46 bits per heavy atom. The molecule has 1 unspecified atom stereocenters. The van der Waals surface area contributed by atoms with E-state index in [0.717, 1.165) is 31.4 Å². The van der Waals surface area contributed by atoms with Crippen LogP contribution in [-0.4, -0.2) is 55.2 Å². The smallest absolute Gasteiger partial charge is 0.383 e. The maximum absolute atomic E-state index is 12.9. The van der Waals surface area contributed by atoms with Crippen molar-refractivity contribution in [1.29, 1.82) is 0 Å². The number of ether oxygens (including phenoxy) is 1. The molecule has 0 amide bonds. The van der Waals surface area contributed by atoms with Gasteiger partial charge in [-0.1, -0.05) is 0 Å². The summed E-state index contributed by atoms with van der Waals surface area (Å²) in [6.45, 7) is 1.15. The molecule has 1 aliphatic heterocycles. The summed E-state index contributed by atoms with van der Waals surface area (Å²) in [6, 6.07) is 0.314. The Hall–Kier alpha value is -1.12. The monoisotopic (exact) mass is 374 g/mol. The van der Waals surface area contributed by atoms with Gasteiger partial charge in [0.2, 0.25) is 0 Å². The van der Waals surface area contributed by atoms with Gasteiger partial charge in [-0.25, -0.2) is 4.99 Å². The fraction of sp³-hybridized carbons (Fsp3) is 0.833. The van der Waals surface area contributed by atoms with E-state index < -0.39 is 18.3 Å². The average molecular weight is 374 g/mol. The van der Waals surface area contributed by atoms with E-state index in [4.69, 9.17) is 16.2 Å². The van der Waals surface area contributed by atoms with E-state index in [9.17, 15) is 13.2 Å². The van der Waals surface area contributed by atoms with E-state index in [1.807, 2.05) is 6.92 Å². The lowest BCUT2D eigenvalue weighted by Gasteiger charge is -2.61. The maximum atomic E-state index is 12.9. The Labute approximate surface area is 152 Å². The van der Waals surface area contributed by atoms with Crippen molar-refractivity contribution >= 4 is 5.71 Å². The molecule has 3 aliphatic rings. The van der Waals surface area contributed by atoms with Crippen molar-refractivity contribution in [2.75, 3.05) is 26.8 Å². The second-order valence-electron chi connectivity index (χ2n) is 8.31. The van der Waals surface area contributed by atoms with Gasteiger partial charge >= 0.3 is 6.18 Å². The van der Waals surface area contributed by atoms with Crippen LogP contribution in [-0.2, 0) is 4.74 Å². The van der Waals surface area contributed by atoms with E-state index in [2.05, 4.69) is 4.99 Å². The lowest BCUT2D eigenvalue weighted by atomic mass is 9.46. The van der Waals surface area contributed by atoms with Gasteiger partial charge in [0, 0.05) is 25.4 Å². The fourth-order valence-electron chi connectivity index (χ4n) is 4.82. The molecule has 0 aromatic heterocycles. The first-order valence-electron chi connectivity index (χ1n) is 9.18. The van der Waals surface area contributed by atoms with Crippen molar-refractivity contribution in [3.63, 3.8) is 0 Å². The standard InChI is InChI=1S/C18H29F3N4O/c1-12-17(23,13-7-16(8-13)9-14(22)10-16)4-3-15(24-12)25(5-6-26-2)11-18(19,20)21/h3,13-14H,4-11,22-23H2,1-2H3. The van der Waals surface area contributed by atoms with E-state index in [1.165, 1.54) is 12.0 Å². The molecule has 2 aliphatic carbocycles. The highest BCUT2D eigenvalue weighted by atomic mass is 19.4. The van der Waals surface area contributed by atoms with Gasteiger partial charge in [-0.15, -0.1) is 0 Å². The molecule has 26 heavy (non-hydrogen) atoms. The van der Waals surface area contributed by atoms with Crippen molar-refractivity contribution < 1.29 is 17.9 Å². The number of hydrogen-bond donors (Lipinski definition) is 2. The van der Waals surface area contributed by atoms with Crippen molar-refractivity contribution in [3.8, 4) is 0 Å². The van der Waals surface area contributed by atoms with Gasteiger partial charge in [0.25, 0.3) is 0 Å². The van der Waals surface area contributed by atoms with Crippen LogP contribution in [0.15, 0.2) is 16.9 Å². The fourth-order valence-corrected chi connectivity index (χ4v) is 4.82. The van der Waals surface area contributed by atoms with Crippen LogP contribution in [0.5, 0.6) is 0 Å². The Bertz CT molecular complexity index is 590. The van der Waals surface area contributed by atoms with Gasteiger partial charge in [0.15, 0.2) is 0 Å². The molecule has 1 heterocycles. The normalized spacial score (nSPS) is 36.9. The van der Waals surface area contributed by atoms with Gasteiger partial charge in [0.1, 0.15) is 12.4 Å². The predicted molar refractivity (Wildman–Crippen MR) is 94.6 cm³/mol. The molecule has 8 heteroatoms. The summed E-state index contributed by atoms with van der Waals surface area (Å²) in [5.74, 6) is 0.671. The van der Waals surface area contributed by atoms with Crippen molar-refractivity contribution in [2.24, 2.45) is 27.8 Å². The number of methoxy groups -OCH3 is 1. The summed E-state index contributed by atoms with van der Waals surface area (Å²) in [5.41, 5.74) is 13.1. The van der Waals surface area contributed by atoms with Crippen LogP contribution in [0.1, 0.15) is 39.0 Å². The minimum absolute atomic E-state index is 0.140. The van der Waals surface area contributed by atoms with E-state index in [0.29, 0.717) is 29.6 Å². The summed E-state index contributed by atoms with van der Waals surface area (Å²) in [6.07, 6.45) is 2.20. The topological polar surface area (TPSA) is 76.9 Å². The molecule has 3 rings (SSSR count). The highest BCUT2D eigenvalue weighted by Gasteiger charge is 2.57. The number of hydrogen-bond acceptors (Lipinski definition) is 5. The third kappa shape index (κ3) is 3.77. The molecule has 1 atom stereocenters. The third-order valence-electron chi connectivity index (χ3n) is 6.32. The molecule has 0 aromatic rings. The first-order valence-corrected chi connectivity index (χ1v) is 9.18. The van der Waals surface area contributed by atoms with Crippen LogP contribution in [0.3, 0.4) is 0 Å². The van der Waals surface area contributed by atoms with Crippen LogP contribution in [0.25, 0.3) is 0 Å². The molecular weight excluding hydrogens is 345 g/mol. The summed E-state index contributed by atoms with van der Waals surface area (Å²) >= 11 is 0. The summed E-state index contributed by atoms with van der Waals surface area (Å²) in [4.78, 5) is 5.70. The summed E-state index contributed by atoms with van der Waals surface area (Å²) < 4.78 is 43.6. The molecule has 2 saturated carbocycles. The zero-order valence-corrected chi connectivity index (χ0v) is 15.5. The van der Waals surface area contributed by atoms with Crippen LogP contribution < -0.4 is 11.5 Å². The summed E-state index contributed by atoms with van der Waals surface area (Å²) in [5, 5.41) is 0. The molecule has 0 bridgehead atoms. The molecule has 5 nitrogen and oxygen atoms in total. The number of rotatable bonds is 6. The van der Waals surface area contributed by atoms with Gasteiger partial charge < -0.3 is 21.1 Å². The molecule has 0 saturated heterocycles. The van der Waals surface area contributed by atoms with Crippen LogP contribution in [0.4, 0.5) is 13.2 Å². The molecule has 0 aromatic carbocycles. The largest absolute Gasteiger partial charge is 0.405 e. The quantitative estimate of drug-likeness (QED) is 0.749.